The lowest BCUT2D eigenvalue weighted by molar-refractivity contribution is 0.0922. The van der Waals surface area contributed by atoms with Crippen LogP contribution in [0.3, 0.4) is 0 Å². The number of benzene rings is 2. The number of para-hydroxylation sites is 1. The molecule has 156 valence electrons. The Morgan fingerprint density at radius 3 is 2.97 bits per heavy atom. The molecule has 5 rings (SSSR count). The molecule has 8 heteroatoms. The Bertz CT molecular complexity index is 1080. The lowest BCUT2D eigenvalue weighted by Crippen LogP contribution is -2.43. The average Bonchev–Trinajstić information content (AvgIpc) is 3.22. The first-order chi connectivity index (χ1) is 14.7. The summed E-state index contributed by atoms with van der Waals surface area (Å²) >= 11 is 1.62. The van der Waals surface area contributed by atoms with Crippen molar-refractivity contribution in [2.24, 2.45) is 0 Å². The lowest BCUT2D eigenvalue weighted by atomic mass is 10.00. The standard InChI is InChI=1S/C22H24N4O3S/c1-28-19-13-17-20(30-22(25-17)26-9-7-23-8-10-26)12-15(19)21(27)24-16-6-11-29-18-5-3-2-4-14(16)18/h2-5,12-13,16,23H,6-11H2,1H3,(H,24,27). The Hall–Kier alpha value is -2.84. The van der Waals surface area contributed by atoms with E-state index in [1.165, 1.54) is 0 Å². The predicted molar refractivity (Wildman–Crippen MR) is 118 cm³/mol. The van der Waals surface area contributed by atoms with Crippen LogP contribution in [0.1, 0.15) is 28.4 Å². The molecule has 1 atom stereocenters. The Labute approximate surface area is 179 Å². The topological polar surface area (TPSA) is 75.7 Å². The van der Waals surface area contributed by atoms with Gasteiger partial charge in [-0.3, -0.25) is 4.79 Å². The van der Waals surface area contributed by atoms with Gasteiger partial charge in [0, 0.05) is 44.2 Å². The second-order valence-electron chi connectivity index (χ2n) is 7.45. The van der Waals surface area contributed by atoms with Crippen LogP contribution in [-0.2, 0) is 0 Å². The van der Waals surface area contributed by atoms with Crippen LogP contribution in [0, 0.1) is 0 Å². The molecule has 1 fully saturated rings. The fraction of sp³-hybridized carbons (Fsp3) is 0.364. The lowest BCUT2D eigenvalue weighted by Gasteiger charge is -2.26. The summed E-state index contributed by atoms with van der Waals surface area (Å²) in [4.78, 5) is 20.3. The summed E-state index contributed by atoms with van der Waals surface area (Å²) in [5, 5.41) is 7.52. The molecule has 0 aliphatic carbocycles. The summed E-state index contributed by atoms with van der Waals surface area (Å²) in [5.41, 5.74) is 2.40. The number of nitrogens with one attached hydrogen (secondary N) is 2. The number of rotatable bonds is 4. The van der Waals surface area contributed by atoms with Gasteiger partial charge in [-0.1, -0.05) is 29.5 Å². The third-order valence-corrected chi connectivity index (χ3v) is 6.67. The highest BCUT2D eigenvalue weighted by Crippen LogP contribution is 2.35. The van der Waals surface area contributed by atoms with Crippen molar-refractivity contribution in [3.63, 3.8) is 0 Å². The van der Waals surface area contributed by atoms with Gasteiger partial charge in [0.25, 0.3) is 5.91 Å². The fourth-order valence-corrected chi connectivity index (χ4v) is 5.05. The SMILES string of the molecule is COc1cc2nc(N3CCNCC3)sc2cc1C(=O)NC1CCOc2ccccc21. The van der Waals surface area contributed by atoms with Crippen LogP contribution in [0.25, 0.3) is 10.2 Å². The maximum atomic E-state index is 13.2. The number of hydrogen-bond donors (Lipinski definition) is 2. The predicted octanol–water partition coefficient (Wildman–Crippen LogP) is 2.97. The third kappa shape index (κ3) is 3.57. The number of fused-ring (bicyclic) bond motifs is 2. The molecule has 3 heterocycles. The maximum Gasteiger partial charge on any atom is 0.255 e. The normalized spacial score (nSPS) is 18.6. The second-order valence-corrected chi connectivity index (χ2v) is 8.46. The van der Waals surface area contributed by atoms with Crippen LogP contribution in [0.4, 0.5) is 5.13 Å². The Kier molecular flexibility index (Phi) is 5.18. The van der Waals surface area contributed by atoms with Crippen LogP contribution in [-0.4, -0.2) is 50.8 Å². The van der Waals surface area contributed by atoms with E-state index < -0.39 is 0 Å². The molecule has 0 bridgehead atoms. The minimum atomic E-state index is -0.146. The molecule has 2 N–H and O–H groups in total. The van der Waals surface area contributed by atoms with E-state index in [0.717, 1.165) is 59.3 Å². The molecule has 7 nitrogen and oxygen atoms in total. The minimum Gasteiger partial charge on any atom is -0.496 e. The number of hydrogen-bond acceptors (Lipinski definition) is 7. The zero-order valence-corrected chi connectivity index (χ0v) is 17.6. The zero-order chi connectivity index (χ0) is 20.5. The second kappa shape index (κ2) is 8.12. The van der Waals surface area contributed by atoms with Gasteiger partial charge < -0.3 is 25.0 Å². The van der Waals surface area contributed by atoms with Crippen molar-refractivity contribution in [2.75, 3.05) is 44.8 Å². The maximum absolute atomic E-state index is 13.2. The fourth-order valence-electron chi connectivity index (χ4n) is 4.01. The first kappa shape index (κ1) is 19.1. The van der Waals surface area contributed by atoms with Crippen molar-refractivity contribution in [2.45, 2.75) is 12.5 Å². The van der Waals surface area contributed by atoms with Gasteiger partial charge >= 0.3 is 0 Å². The third-order valence-electron chi connectivity index (χ3n) is 5.59. The molecule has 1 saturated heterocycles. The molecule has 2 aliphatic heterocycles. The molecular weight excluding hydrogens is 400 g/mol. The highest BCUT2D eigenvalue weighted by molar-refractivity contribution is 7.22. The number of carbonyl (C=O) groups is 1. The smallest absolute Gasteiger partial charge is 0.255 e. The summed E-state index contributed by atoms with van der Waals surface area (Å²) in [6, 6.07) is 11.5. The summed E-state index contributed by atoms with van der Waals surface area (Å²) in [5.74, 6) is 1.23. The van der Waals surface area contributed by atoms with E-state index in [9.17, 15) is 4.79 Å². The van der Waals surface area contributed by atoms with Crippen molar-refractivity contribution in [1.82, 2.24) is 15.6 Å². The average molecular weight is 425 g/mol. The Balaban J connectivity index is 1.43. The summed E-state index contributed by atoms with van der Waals surface area (Å²) in [7, 11) is 1.59. The summed E-state index contributed by atoms with van der Waals surface area (Å²) in [6.07, 6.45) is 0.737. The molecule has 1 aromatic heterocycles. The van der Waals surface area contributed by atoms with Crippen LogP contribution in [0.2, 0.25) is 0 Å². The van der Waals surface area contributed by atoms with E-state index in [2.05, 4.69) is 15.5 Å². The summed E-state index contributed by atoms with van der Waals surface area (Å²) < 4.78 is 12.2. The van der Waals surface area contributed by atoms with E-state index in [4.69, 9.17) is 14.5 Å². The van der Waals surface area contributed by atoms with Gasteiger partial charge in [-0.05, 0) is 12.1 Å². The number of carbonyl (C=O) groups excluding carboxylic acids is 1. The number of amides is 1. The molecule has 2 aromatic carbocycles. The van der Waals surface area contributed by atoms with Gasteiger partial charge in [0.2, 0.25) is 0 Å². The minimum absolute atomic E-state index is 0.0827. The van der Waals surface area contributed by atoms with E-state index in [0.29, 0.717) is 17.9 Å². The number of ether oxygens (including phenoxy) is 2. The van der Waals surface area contributed by atoms with E-state index in [1.807, 2.05) is 36.4 Å². The van der Waals surface area contributed by atoms with Crippen molar-refractivity contribution in [3.8, 4) is 11.5 Å². The van der Waals surface area contributed by atoms with Gasteiger partial charge in [0.1, 0.15) is 11.5 Å². The van der Waals surface area contributed by atoms with Crippen molar-refractivity contribution >= 4 is 32.6 Å². The molecule has 1 unspecified atom stereocenters. The summed E-state index contributed by atoms with van der Waals surface area (Å²) in [6.45, 7) is 4.38. The van der Waals surface area contributed by atoms with Gasteiger partial charge in [-0.15, -0.1) is 0 Å². The zero-order valence-electron chi connectivity index (χ0n) is 16.8. The quantitative estimate of drug-likeness (QED) is 0.671. The van der Waals surface area contributed by atoms with Crippen LogP contribution >= 0.6 is 11.3 Å². The van der Waals surface area contributed by atoms with Gasteiger partial charge in [0.15, 0.2) is 5.13 Å². The number of nitrogens with zero attached hydrogens (tertiary/aromatic N) is 2. The number of thiazole rings is 1. The van der Waals surface area contributed by atoms with E-state index in [-0.39, 0.29) is 11.9 Å². The largest absolute Gasteiger partial charge is 0.496 e. The van der Waals surface area contributed by atoms with Gasteiger partial charge in [0.05, 0.1) is 35.5 Å². The number of methoxy groups -OCH3 is 1. The molecule has 0 saturated carbocycles. The Morgan fingerprint density at radius 1 is 1.30 bits per heavy atom. The molecule has 0 spiro atoms. The van der Waals surface area contributed by atoms with Gasteiger partial charge in [-0.25, -0.2) is 4.98 Å². The van der Waals surface area contributed by atoms with E-state index in [1.54, 1.807) is 18.4 Å². The Morgan fingerprint density at radius 2 is 2.13 bits per heavy atom. The first-order valence-corrected chi connectivity index (χ1v) is 11.0. The number of aromatic nitrogens is 1. The molecule has 2 aliphatic rings. The van der Waals surface area contributed by atoms with Crippen molar-refractivity contribution in [3.05, 3.63) is 47.5 Å². The number of piperazine rings is 1. The van der Waals surface area contributed by atoms with Crippen LogP contribution in [0.5, 0.6) is 11.5 Å². The number of anilines is 1. The molecule has 0 radical (unpaired) electrons. The molecular formula is C22H24N4O3S. The molecule has 3 aromatic rings. The van der Waals surface area contributed by atoms with Crippen LogP contribution < -0.4 is 25.0 Å². The van der Waals surface area contributed by atoms with Gasteiger partial charge in [-0.2, -0.15) is 0 Å². The molecule has 30 heavy (non-hydrogen) atoms. The molecule has 1 amide bonds. The van der Waals surface area contributed by atoms with Crippen molar-refractivity contribution < 1.29 is 14.3 Å². The van der Waals surface area contributed by atoms with Crippen LogP contribution in [0.15, 0.2) is 36.4 Å². The van der Waals surface area contributed by atoms with E-state index >= 15 is 0 Å². The highest BCUT2D eigenvalue weighted by Gasteiger charge is 2.25. The van der Waals surface area contributed by atoms with Crippen molar-refractivity contribution in [1.29, 1.82) is 0 Å². The highest BCUT2D eigenvalue weighted by atomic mass is 32.1. The first-order valence-electron chi connectivity index (χ1n) is 10.2. The monoisotopic (exact) mass is 424 g/mol.